The van der Waals surface area contributed by atoms with Crippen molar-refractivity contribution in [1.82, 2.24) is 5.32 Å². The molecule has 3 nitrogen and oxygen atoms in total. The largest absolute Gasteiger partial charge is 0.478 e. The Morgan fingerprint density at radius 3 is 2.85 bits per heavy atom. The van der Waals surface area contributed by atoms with E-state index in [0.29, 0.717) is 13.3 Å². The molecule has 1 rings (SSSR count). The van der Waals surface area contributed by atoms with Gasteiger partial charge in [0.15, 0.2) is 0 Å². The van der Waals surface area contributed by atoms with Crippen LogP contribution in [0.4, 0.5) is 0 Å². The van der Waals surface area contributed by atoms with Crippen molar-refractivity contribution in [1.29, 1.82) is 0 Å². The molecule has 0 aliphatic carbocycles. The van der Waals surface area contributed by atoms with Crippen LogP contribution >= 0.6 is 0 Å². The second-order valence-electron chi connectivity index (χ2n) is 2.38. The van der Waals surface area contributed by atoms with Crippen molar-refractivity contribution in [3.8, 4) is 5.75 Å². The molecule has 1 aromatic carbocycles. The van der Waals surface area contributed by atoms with Crippen molar-refractivity contribution in [2.75, 3.05) is 13.3 Å². The average Bonchev–Trinajstić information content (AvgIpc) is 2.19. The lowest BCUT2D eigenvalue weighted by atomic mass is 10.3. The Hall–Kier alpha value is -1.57. The second-order valence-corrected chi connectivity index (χ2v) is 2.38. The van der Waals surface area contributed by atoms with E-state index in [1.54, 1.807) is 5.94 Å². The van der Waals surface area contributed by atoms with Gasteiger partial charge in [0.1, 0.15) is 18.4 Å². The van der Waals surface area contributed by atoms with Gasteiger partial charge in [-0.15, -0.1) is 0 Å². The van der Waals surface area contributed by atoms with Gasteiger partial charge in [-0.3, -0.25) is 5.32 Å². The number of para-hydroxylation sites is 1. The molecule has 0 spiro atoms. The summed E-state index contributed by atoms with van der Waals surface area (Å²) in [5.74, 6) is 2.48. The van der Waals surface area contributed by atoms with Crippen LogP contribution in [-0.4, -0.2) is 19.2 Å². The Bertz CT molecular complexity index is 278. The van der Waals surface area contributed by atoms with Gasteiger partial charge in [0.2, 0.25) is 0 Å². The van der Waals surface area contributed by atoms with E-state index in [4.69, 9.17) is 4.74 Å². The molecule has 0 heterocycles. The number of benzene rings is 1. The predicted molar refractivity (Wildman–Crippen MR) is 50.2 cm³/mol. The van der Waals surface area contributed by atoms with Gasteiger partial charge in [-0.2, -0.15) is 0 Å². The highest BCUT2D eigenvalue weighted by Gasteiger charge is 1.88. The number of rotatable bonds is 5. The fourth-order valence-electron chi connectivity index (χ4n) is 0.824. The van der Waals surface area contributed by atoms with Gasteiger partial charge >= 0.3 is 0 Å². The number of ether oxygens (including phenoxy) is 1. The normalized spacial score (nSPS) is 8.92. The summed E-state index contributed by atoms with van der Waals surface area (Å²) < 4.78 is 5.29. The van der Waals surface area contributed by atoms with Gasteiger partial charge < -0.3 is 4.74 Å². The standard InChI is InChI=1S/C10H11NO2/c12-8-4-7-11-9-13-10-5-2-1-3-6-10/h1-6,11H,7,9H2. The van der Waals surface area contributed by atoms with E-state index in [1.807, 2.05) is 30.3 Å². The predicted octanol–water partition coefficient (Wildman–Crippen LogP) is 1.00. The first-order valence-electron chi connectivity index (χ1n) is 4.01. The molecule has 0 saturated carbocycles. The first-order valence-corrected chi connectivity index (χ1v) is 4.01. The molecule has 0 amide bonds. The van der Waals surface area contributed by atoms with Crippen LogP contribution < -0.4 is 10.1 Å². The van der Waals surface area contributed by atoms with Gasteiger partial charge in [-0.05, 0) is 12.1 Å². The molecule has 0 bridgehead atoms. The fraction of sp³-hybridized carbons (Fsp3) is 0.200. The van der Waals surface area contributed by atoms with E-state index in [1.165, 1.54) is 6.08 Å². The minimum Gasteiger partial charge on any atom is -0.478 e. The third-order valence-corrected chi connectivity index (χ3v) is 1.41. The quantitative estimate of drug-likeness (QED) is 0.414. The van der Waals surface area contributed by atoms with Crippen molar-refractivity contribution in [2.45, 2.75) is 0 Å². The lowest BCUT2D eigenvalue weighted by molar-refractivity contribution is 0.290. The zero-order valence-electron chi connectivity index (χ0n) is 7.19. The lowest BCUT2D eigenvalue weighted by Gasteiger charge is -2.04. The summed E-state index contributed by atoms with van der Waals surface area (Å²) >= 11 is 0. The summed E-state index contributed by atoms with van der Waals surface area (Å²) in [5, 5.41) is 2.89. The number of carbonyl (C=O) groups excluding carboxylic acids is 1. The molecule has 13 heavy (non-hydrogen) atoms. The van der Waals surface area contributed by atoms with E-state index in [9.17, 15) is 4.79 Å². The monoisotopic (exact) mass is 177 g/mol. The van der Waals surface area contributed by atoms with Crippen LogP contribution in [0.2, 0.25) is 0 Å². The zero-order chi connectivity index (χ0) is 9.36. The summed E-state index contributed by atoms with van der Waals surface area (Å²) in [7, 11) is 0. The maximum Gasteiger partial charge on any atom is 0.139 e. The van der Waals surface area contributed by atoms with E-state index >= 15 is 0 Å². The molecule has 0 aliphatic heterocycles. The molecule has 0 atom stereocenters. The topological polar surface area (TPSA) is 38.3 Å². The molecule has 0 saturated heterocycles. The van der Waals surface area contributed by atoms with Crippen LogP contribution in [0.1, 0.15) is 0 Å². The summed E-state index contributed by atoms with van der Waals surface area (Å²) in [6.07, 6.45) is 1.37. The van der Waals surface area contributed by atoms with E-state index < -0.39 is 0 Å². The van der Waals surface area contributed by atoms with Crippen LogP contribution in [0.5, 0.6) is 5.75 Å². The average molecular weight is 177 g/mol. The zero-order valence-corrected chi connectivity index (χ0v) is 7.19. The van der Waals surface area contributed by atoms with Crippen LogP contribution in [-0.2, 0) is 4.79 Å². The van der Waals surface area contributed by atoms with Crippen LogP contribution in [0, 0.1) is 0 Å². The molecule has 0 aliphatic rings. The van der Waals surface area contributed by atoms with E-state index in [-0.39, 0.29) is 0 Å². The Morgan fingerprint density at radius 2 is 2.15 bits per heavy atom. The molecule has 1 N–H and O–H groups in total. The Labute approximate surface area is 77.0 Å². The Morgan fingerprint density at radius 1 is 1.38 bits per heavy atom. The van der Waals surface area contributed by atoms with Gasteiger partial charge in [0.25, 0.3) is 0 Å². The van der Waals surface area contributed by atoms with Crippen LogP contribution in [0.15, 0.2) is 36.4 Å². The summed E-state index contributed by atoms with van der Waals surface area (Å²) in [6, 6.07) is 9.48. The van der Waals surface area contributed by atoms with Crippen molar-refractivity contribution in [2.24, 2.45) is 0 Å². The van der Waals surface area contributed by atoms with E-state index in [0.717, 1.165) is 5.75 Å². The first kappa shape index (κ1) is 9.52. The third kappa shape index (κ3) is 4.11. The third-order valence-electron chi connectivity index (χ3n) is 1.41. The number of hydrogen-bond donors (Lipinski definition) is 1. The fourth-order valence-corrected chi connectivity index (χ4v) is 0.824. The smallest absolute Gasteiger partial charge is 0.139 e. The first-order chi connectivity index (χ1) is 6.43. The van der Waals surface area contributed by atoms with Crippen molar-refractivity contribution >= 4 is 5.94 Å². The Kier molecular flexibility index (Phi) is 4.39. The van der Waals surface area contributed by atoms with Gasteiger partial charge in [0.05, 0.1) is 0 Å². The SMILES string of the molecule is O=C=CCNCOc1ccccc1. The summed E-state index contributed by atoms with van der Waals surface area (Å²) in [4.78, 5) is 9.78. The summed E-state index contributed by atoms with van der Waals surface area (Å²) in [6.45, 7) is 0.874. The van der Waals surface area contributed by atoms with Crippen LogP contribution in [0.3, 0.4) is 0 Å². The minimum atomic E-state index is 0.391. The highest BCUT2D eigenvalue weighted by molar-refractivity contribution is 5.45. The Balaban J connectivity index is 2.17. The maximum absolute atomic E-state index is 9.78. The van der Waals surface area contributed by atoms with Gasteiger partial charge in [-0.1, -0.05) is 18.2 Å². The molecule has 0 aromatic heterocycles. The number of nitrogens with one attached hydrogen (secondary N) is 1. The maximum atomic E-state index is 9.78. The number of hydrogen-bond acceptors (Lipinski definition) is 3. The summed E-state index contributed by atoms with van der Waals surface area (Å²) in [5.41, 5.74) is 0. The van der Waals surface area contributed by atoms with Crippen molar-refractivity contribution < 1.29 is 9.53 Å². The van der Waals surface area contributed by atoms with Gasteiger partial charge in [-0.25, -0.2) is 4.79 Å². The minimum absolute atomic E-state index is 0.391. The van der Waals surface area contributed by atoms with E-state index in [2.05, 4.69) is 5.32 Å². The lowest BCUT2D eigenvalue weighted by Crippen LogP contribution is -2.19. The molecule has 1 aromatic rings. The molecule has 0 fully saturated rings. The molecular weight excluding hydrogens is 166 g/mol. The second kappa shape index (κ2) is 6.00. The molecule has 68 valence electrons. The highest BCUT2D eigenvalue weighted by atomic mass is 16.5. The van der Waals surface area contributed by atoms with Gasteiger partial charge in [0, 0.05) is 12.6 Å². The molecule has 0 radical (unpaired) electrons. The van der Waals surface area contributed by atoms with Crippen molar-refractivity contribution in [3.05, 3.63) is 36.4 Å². The van der Waals surface area contributed by atoms with Crippen LogP contribution in [0.25, 0.3) is 0 Å². The highest BCUT2D eigenvalue weighted by Crippen LogP contribution is 2.06. The molecule has 3 heteroatoms. The molecular formula is C10H11NO2. The van der Waals surface area contributed by atoms with Crippen molar-refractivity contribution in [3.63, 3.8) is 0 Å². The molecule has 0 unspecified atom stereocenters.